The maximum Gasteiger partial charge on any atom is 0.222 e. The minimum atomic E-state index is 0.0368. The zero-order valence-corrected chi connectivity index (χ0v) is 15.4. The lowest BCUT2D eigenvalue weighted by molar-refractivity contribution is -0.121. The molecule has 0 saturated heterocycles. The van der Waals surface area contributed by atoms with E-state index in [9.17, 15) is 4.79 Å². The van der Waals surface area contributed by atoms with E-state index in [4.69, 9.17) is 4.74 Å². The van der Waals surface area contributed by atoms with Gasteiger partial charge in [0.15, 0.2) is 0 Å². The molecule has 3 rings (SSSR count). The average Bonchev–Trinajstić information content (AvgIpc) is 2.69. The molecule has 27 heavy (non-hydrogen) atoms. The number of rotatable bonds is 8. The van der Waals surface area contributed by atoms with E-state index in [1.54, 1.807) is 0 Å². The van der Waals surface area contributed by atoms with E-state index in [0.717, 1.165) is 22.7 Å². The molecule has 0 atom stereocenters. The molecule has 0 aliphatic heterocycles. The Labute approximate surface area is 160 Å². The third-order valence-corrected chi connectivity index (χ3v) is 4.25. The molecule has 2 N–H and O–H groups in total. The van der Waals surface area contributed by atoms with Crippen LogP contribution in [0, 0.1) is 6.92 Å². The molecule has 0 aliphatic rings. The summed E-state index contributed by atoms with van der Waals surface area (Å²) in [7, 11) is 0. The molecule has 3 aromatic rings. The summed E-state index contributed by atoms with van der Waals surface area (Å²) in [4.78, 5) is 12.0. The molecule has 0 heterocycles. The zero-order chi connectivity index (χ0) is 18.9. The number of aryl methyl sites for hydroxylation is 1. The Hall–Kier alpha value is -3.27. The van der Waals surface area contributed by atoms with Crippen molar-refractivity contribution in [3.63, 3.8) is 0 Å². The van der Waals surface area contributed by atoms with Gasteiger partial charge in [-0.05, 0) is 54.4 Å². The maximum atomic E-state index is 12.0. The monoisotopic (exact) mass is 360 g/mol. The van der Waals surface area contributed by atoms with E-state index in [1.165, 1.54) is 5.56 Å². The van der Waals surface area contributed by atoms with Crippen molar-refractivity contribution in [1.82, 2.24) is 5.32 Å². The third kappa shape index (κ3) is 5.89. The number of benzene rings is 3. The number of hydrogen-bond donors (Lipinski definition) is 2. The maximum absolute atomic E-state index is 12.0. The van der Waals surface area contributed by atoms with E-state index in [2.05, 4.69) is 10.6 Å². The van der Waals surface area contributed by atoms with Crippen LogP contribution in [0.3, 0.4) is 0 Å². The molecule has 0 radical (unpaired) electrons. The minimum absolute atomic E-state index is 0.0368. The second kappa shape index (κ2) is 9.43. The molecule has 3 aromatic carbocycles. The standard InChI is InChI=1S/C23H24N2O2/c1-18-7-5-6-8-19(18)17-25-23(26)15-16-24-20-11-13-22(14-12-20)27-21-9-3-2-4-10-21/h2-14,24H,15-17H2,1H3,(H,25,26). The van der Waals surface area contributed by atoms with E-state index in [1.807, 2.05) is 85.8 Å². The van der Waals surface area contributed by atoms with E-state index in [-0.39, 0.29) is 5.91 Å². The van der Waals surface area contributed by atoms with Gasteiger partial charge in [0.2, 0.25) is 5.91 Å². The number of amides is 1. The van der Waals surface area contributed by atoms with Gasteiger partial charge in [-0.1, -0.05) is 42.5 Å². The zero-order valence-electron chi connectivity index (χ0n) is 15.4. The predicted octanol–water partition coefficient (Wildman–Crippen LogP) is 4.91. The summed E-state index contributed by atoms with van der Waals surface area (Å²) in [6.07, 6.45) is 0.425. The molecule has 138 valence electrons. The fourth-order valence-electron chi connectivity index (χ4n) is 2.68. The fourth-order valence-corrected chi connectivity index (χ4v) is 2.68. The van der Waals surface area contributed by atoms with Crippen LogP contribution in [0.1, 0.15) is 17.5 Å². The summed E-state index contributed by atoms with van der Waals surface area (Å²) in [5, 5.41) is 6.22. The predicted molar refractivity (Wildman–Crippen MR) is 109 cm³/mol. The van der Waals surface area contributed by atoms with Crippen molar-refractivity contribution in [3.05, 3.63) is 90.0 Å². The van der Waals surface area contributed by atoms with Crippen LogP contribution >= 0.6 is 0 Å². The Morgan fingerprint density at radius 1 is 0.852 bits per heavy atom. The molecule has 0 unspecified atom stereocenters. The first kappa shape index (κ1) is 18.5. The summed E-state index contributed by atoms with van der Waals surface area (Å²) in [6.45, 7) is 3.20. The van der Waals surface area contributed by atoms with Crippen molar-refractivity contribution in [1.29, 1.82) is 0 Å². The van der Waals surface area contributed by atoms with Gasteiger partial charge < -0.3 is 15.4 Å². The molecule has 4 nitrogen and oxygen atoms in total. The van der Waals surface area contributed by atoms with Gasteiger partial charge in [-0.25, -0.2) is 0 Å². The Kier molecular flexibility index (Phi) is 6.47. The molecule has 0 saturated carbocycles. The first-order valence-corrected chi connectivity index (χ1v) is 9.09. The summed E-state index contributed by atoms with van der Waals surface area (Å²) in [5.41, 5.74) is 3.30. The number of hydrogen-bond acceptors (Lipinski definition) is 3. The Morgan fingerprint density at radius 2 is 1.52 bits per heavy atom. The SMILES string of the molecule is Cc1ccccc1CNC(=O)CCNc1ccc(Oc2ccccc2)cc1. The van der Waals surface area contributed by atoms with Crippen molar-refractivity contribution >= 4 is 11.6 Å². The molecular weight excluding hydrogens is 336 g/mol. The molecule has 4 heteroatoms. The van der Waals surface area contributed by atoms with Gasteiger partial charge in [0.1, 0.15) is 11.5 Å². The van der Waals surface area contributed by atoms with Crippen molar-refractivity contribution in [2.24, 2.45) is 0 Å². The number of ether oxygens (including phenoxy) is 1. The van der Waals surface area contributed by atoms with Gasteiger partial charge in [-0.2, -0.15) is 0 Å². The van der Waals surface area contributed by atoms with Crippen LogP contribution in [-0.2, 0) is 11.3 Å². The molecule has 1 amide bonds. The molecular formula is C23H24N2O2. The van der Waals surface area contributed by atoms with Crippen molar-refractivity contribution in [2.45, 2.75) is 19.9 Å². The van der Waals surface area contributed by atoms with Crippen molar-refractivity contribution in [3.8, 4) is 11.5 Å². The van der Waals surface area contributed by atoms with Crippen LogP contribution in [0.4, 0.5) is 5.69 Å². The van der Waals surface area contributed by atoms with Gasteiger partial charge >= 0.3 is 0 Å². The quantitative estimate of drug-likeness (QED) is 0.600. The fraction of sp³-hybridized carbons (Fsp3) is 0.174. The Balaban J connectivity index is 1.39. The molecule has 0 spiro atoms. The number of nitrogens with one attached hydrogen (secondary N) is 2. The lowest BCUT2D eigenvalue weighted by atomic mass is 10.1. The smallest absolute Gasteiger partial charge is 0.222 e. The highest BCUT2D eigenvalue weighted by atomic mass is 16.5. The Morgan fingerprint density at radius 3 is 2.26 bits per heavy atom. The summed E-state index contributed by atoms with van der Waals surface area (Å²) < 4.78 is 5.77. The number of anilines is 1. The number of para-hydroxylation sites is 1. The van der Waals surface area contributed by atoms with Crippen LogP contribution in [0.5, 0.6) is 11.5 Å². The van der Waals surface area contributed by atoms with Gasteiger partial charge in [0, 0.05) is 25.2 Å². The van der Waals surface area contributed by atoms with Crippen LogP contribution < -0.4 is 15.4 Å². The van der Waals surface area contributed by atoms with E-state index in [0.29, 0.717) is 19.5 Å². The lowest BCUT2D eigenvalue weighted by Gasteiger charge is -2.10. The van der Waals surface area contributed by atoms with Crippen molar-refractivity contribution < 1.29 is 9.53 Å². The molecule has 0 fully saturated rings. The average molecular weight is 360 g/mol. The number of carbonyl (C=O) groups excluding carboxylic acids is 1. The van der Waals surface area contributed by atoms with Crippen molar-refractivity contribution in [2.75, 3.05) is 11.9 Å². The highest BCUT2D eigenvalue weighted by Crippen LogP contribution is 2.22. The van der Waals surface area contributed by atoms with Gasteiger partial charge in [-0.3, -0.25) is 4.79 Å². The van der Waals surface area contributed by atoms with Crippen LogP contribution in [0.2, 0.25) is 0 Å². The summed E-state index contributed by atoms with van der Waals surface area (Å²) in [5.74, 6) is 1.63. The highest BCUT2D eigenvalue weighted by Gasteiger charge is 2.03. The Bertz CT molecular complexity index is 861. The third-order valence-electron chi connectivity index (χ3n) is 4.25. The van der Waals surface area contributed by atoms with Gasteiger partial charge in [0.05, 0.1) is 0 Å². The first-order chi connectivity index (χ1) is 13.2. The van der Waals surface area contributed by atoms with Crippen LogP contribution in [0.25, 0.3) is 0 Å². The lowest BCUT2D eigenvalue weighted by Crippen LogP contribution is -2.25. The first-order valence-electron chi connectivity index (χ1n) is 9.09. The largest absolute Gasteiger partial charge is 0.457 e. The summed E-state index contributed by atoms with van der Waals surface area (Å²) >= 11 is 0. The minimum Gasteiger partial charge on any atom is -0.457 e. The van der Waals surface area contributed by atoms with Crippen LogP contribution in [0.15, 0.2) is 78.9 Å². The van der Waals surface area contributed by atoms with Gasteiger partial charge in [-0.15, -0.1) is 0 Å². The van der Waals surface area contributed by atoms with E-state index < -0.39 is 0 Å². The second-order valence-electron chi connectivity index (χ2n) is 6.32. The molecule has 0 aliphatic carbocycles. The van der Waals surface area contributed by atoms with Gasteiger partial charge in [0.25, 0.3) is 0 Å². The molecule has 0 bridgehead atoms. The van der Waals surface area contributed by atoms with E-state index >= 15 is 0 Å². The topological polar surface area (TPSA) is 50.4 Å². The summed E-state index contributed by atoms with van der Waals surface area (Å²) in [6, 6.07) is 25.5. The normalized spacial score (nSPS) is 10.3. The highest BCUT2D eigenvalue weighted by molar-refractivity contribution is 5.76. The second-order valence-corrected chi connectivity index (χ2v) is 6.32. The number of carbonyl (C=O) groups is 1. The van der Waals surface area contributed by atoms with Crippen LogP contribution in [-0.4, -0.2) is 12.5 Å². The molecule has 0 aromatic heterocycles.